The summed E-state index contributed by atoms with van der Waals surface area (Å²) in [5, 5.41) is 4.04. The van der Waals surface area contributed by atoms with Gasteiger partial charge >= 0.3 is 0 Å². The van der Waals surface area contributed by atoms with Gasteiger partial charge in [0, 0.05) is 36.2 Å². The summed E-state index contributed by atoms with van der Waals surface area (Å²) >= 11 is 0. The molecule has 1 atom stereocenters. The number of hydrogen-bond acceptors (Lipinski definition) is 5. The average molecular weight is 404 g/mol. The minimum absolute atomic E-state index is 0.00852. The van der Waals surface area contributed by atoms with Gasteiger partial charge in [0.25, 0.3) is 0 Å². The zero-order chi connectivity index (χ0) is 20.9. The summed E-state index contributed by atoms with van der Waals surface area (Å²) in [5.41, 5.74) is 8.35. The zero-order valence-electron chi connectivity index (χ0n) is 16.8. The van der Waals surface area contributed by atoms with E-state index in [4.69, 9.17) is 15.0 Å². The first-order valence-corrected chi connectivity index (χ1v) is 9.95. The van der Waals surface area contributed by atoms with Gasteiger partial charge in [-0.15, -0.1) is 0 Å². The number of nitrogens with zero attached hydrogens (tertiary/aromatic N) is 3. The van der Waals surface area contributed by atoms with Crippen LogP contribution in [0.15, 0.2) is 70.2 Å². The third-order valence-electron chi connectivity index (χ3n) is 5.19. The SMILES string of the molecule is CC(c1cccc(C(=O)c2ccccc2)c1)c1cc(/N=C(\N)N2CCOCC2)no1. The van der Waals surface area contributed by atoms with Crippen LogP contribution in [-0.4, -0.2) is 48.1 Å². The molecule has 3 aromatic rings. The quantitative estimate of drug-likeness (QED) is 0.398. The number of aromatic nitrogens is 1. The molecule has 0 aliphatic carbocycles. The molecular weight excluding hydrogens is 380 g/mol. The van der Waals surface area contributed by atoms with Gasteiger partial charge in [0.1, 0.15) is 5.76 Å². The first kappa shape index (κ1) is 19.8. The number of aliphatic imine (C=N–C) groups is 1. The van der Waals surface area contributed by atoms with E-state index < -0.39 is 0 Å². The van der Waals surface area contributed by atoms with E-state index in [0.717, 1.165) is 5.56 Å². The minimum Gasteiger partial charge on any atom is -0.378 e. The molecule has 0 saturated carbocycles. The van der Waals surface area contributed by atoms with Crippen LogP contribution in [0.5, 0.6) is 0 Å². The fourth-order valence-electron chi connectivity index (χ4n) is 3.39. The van der Waals surface area contributed by atoms with E-state index in [0.29, 0.717) is 55.0 Å². The predicted molar refractivity (Wildman–Crippen MR) is 114 cm³/mol. The summed E-state index contributed by atoms with van der Waals surface area (Å²) in [6, 6.07) is 18.6. The van der Waals surface area contributed by atoms with Crippen molar-refractivity contribution < 1.29 is 14.1 Å². The summed E-state index contributed by atoms with van der Waals surface area (Å²) in [6.45, 7) is 4.69. The Labute approximate surface area is 175 Å². The summed E-state index contributed by atoms with van der Waals surface area (Å²) in [5.74, 6) is 1.40. The smallest absolute Gasteiger partial charge is 0.198 e. The Balaban J connectivity index is 1.51. The molecule has 2 aromatic carbocycles. The van der Waals surface area contributed by atoms with Crippen LogP contribution in [0.2, 0.25) is 0 Å². The Morgan fingerprint density at radius 1 is 1.07 bits per heavy atom. The molecule has 154 valence electrons. The number of nitrogens with two attached hydrogens (primary N) is 1. The largest absolute Gasteiger partial charge is 0.378 e. The summed E-state index contributed by atoms with van der Waals surface area (Å²) in [7, 11) is 0. The van der Waals surface area contributed by atoms with Crippen LogP contribution >= 0.6 is 0 Å². The molecule has 1 unspecified atom stereocenters. The molecule has 0 amide bonds. The molecule has 30 heavy (non-hydrogen) atoms. The summed E-state index contributed by atoms with van der Waals surface area (Å²) < 4.78 is 10.8. The monoisotopic (exact) mass is 404 g/mol. The molecule has 0 radical (unpaired) electrons. The van der Waals surface area contributed by atoms with Crippen molar-refractivity contribution in [3.63, 3.8) is 0 Å². The second-order valence-corrected chi connectivity index (χ2v) is 7.20. The van der Waals surface area contributed by atoms with Gasteiger partial charge in [0.2, 0.25) is 0 Å². The van der Waals surface area contributed by atoms with Crippen molar-refractivity contribution in [2.24, 2.45) is 10.7 Å². The fraction of sp³-hybridized carbons (Fsp3) is 0.261. The molecule has 2 heterocycles. The molecule has 2 N–H and O–H groups in total. The average Bonchev–Trinajstić information content (AvgIpc) is 3.27. The summed E-state index contributed by atoms with van der Waals surface area (Å²) in [4.78, 5) is 19.1. The molecule has 1 aromatic heterocycles. The van der Waals surface area contributed by atoms with Crippen LogP contribution in [0.25, 0.3) is 0 Å². The molecule has 0 bridgehead atoms. The molecule has 1 aliphatic heterocycles. The van der Waals surface area contributed by atoms with E-state index in [2.05, 4.69) is 10.1 Å². The number of morpholine rings is 1. The highest BCUT2D eigenvalue weighted by atomic mass is 16.5. The first-order valence-electron chi connectivity index (χ1n) is 9.95. The van der Waals surface area contributed by atoms with Crippen molar-refractivity contribution in [2.75, 3.05) is 26.3 Å². The van der Waals surface area contributed by atoms with Crippen molar-refractivity contribution in [1.82, 2.24) is 10.1 Å². The van der Waals surface area contributed by atoms with Crippen LogP contribution in [0.3, 0.4) is 0 Å². The Bertz CT molecular complexity index is 1040. The highest BCUT2D eigenvalue weighted by Gasteiger charge is 2.18. The van der Waals surface area contributed by atoms with Crippen LogP contribution in [0, 0.1) is 0 Å². The topological polar surface area (TPSA) is 94.0 Å². The lowest BCUT2D eigenvalue weighted by Crippen LogP contribution is -2.44. The number of carbonyl (C=O) groups is 1. The standard InChI is InChI=1S/C23H24N4O3/c1-16(18-8-5-9-19(14-18)22(28)17-6-3-2-4-7-17)20-15-21(26-30-20)25-23(24)27-10-12-29-13-11-27/h2-9,14-16H,10-13H2,1H3,(H2,24,25,26). The number of ketones is 1. The molecular formula is C23H24N4O3. The normalized spacial score (nSPS) is 15.8. The van der Waals surface area contributed by atoms with Gasteiger partial charge in [-0.25, -0.2) is 0 Å². The highest BCUT2D eigenvalue weighted by molar-refractivity contribution is 6.09. The van der Waals surface area contributed by atoms with Gasteiger partial charge in [-0.1, -0.05) is 60.6 Å². The van der Waals surface area contributed by atoms with Crippen molar-refractivity contribution >= 4 is 17.6 Å². The number of benzene rings is 2. The second kappa shape index (κ2) is 8.92. The van der Waals surface area contributed by atoms with E-state index in [9.17, 15) is 4.79 Å². The third kappa shape index (κ3) is 4.41. The number of guanidine groups is 1. The Hall–Kier alpha value is -3.45. The van der Waals surface area contributed by atoms with E-state index in [1.54, 1.807) is 6.07 Å². The number of rotatable bonds is 5. The minimum atomic E-state index is -0.0883. The molecule has 1 saturated heterocycles. The lowest BCUT2D eigenvalue weighted by Gasteiger charge is -2.27. The van der Waals surface area contributed by atoms with E-state index in [1.165, 1.54) is 0 Å². The second-order valence-electron chi connectivity index (χ2n) is 7.20. The maximum Gasteiger partial charge on any atom is 0.198 e. The number of carbonyl (C=O) groups excluding carboxylic acids is 1. The van der Waals surface area contributed by atoms with E-state index in [-0.39, 0.29) is 11.7 Å². The lowest BCUT2D eigenvalue weighted by atomic mass is 9.94. The molecule has 1 fully saturated rings. The predicted octanol–water partition coefficient (Wildman–Crippen LogP) is 3.34. The Morgan fingerprint density at radius 2 is 1.80 bits per heavy atom. The van der Waals surface area contributed by atoms with Crippen LogP contribution in [0.4, 0.5) is 5.82 Å². The highest BCUT2D eigenvalue weighted by Crippen LogP contribution is 2.28. The van der Waals surface area contributed by atoms with Crippen LogP contribution in [0.1, 0.15) is 40.1 Å². The fourth-order valence-corrected chi connectivity index (χ4v) is 3.39. The number of ether oxygens (including phenoxy) is 1. The van der Waals surface area contributed by atoms with Crippen molar-refractivity contribution in [2.45, 2.75) is 12.8 Å². The zero-order valence-corrected chi connectivity index (χ0v) is 16.8. The summed E-state index contributed by atoms with van der Waals surface area (Å²) in [6.07, 6.45) is 0. The maximum atomic E-state index is 12.8. The number of hydrogen-bond donors (Lipinski definition) is 1. The van der Waals surface area contributed by atoms with Crippen molar-refractivity contribution in [3.05, 3.63) is 83.1 Å². The molecule has 1 aliphatic rings. The molecule has 7 heteroatoms. The molecule has 0 spiro atoms. The van der Waals surface area contributed by atoms with Gasteiger partial charge in [-0.05, 0) is 11.6 Å². The van der Waals surface area contributed by atoms with Crippen molar-refractivity contribution in [1.29, 1.82) is 0 Å². The van der Waals surface area contributed by atoms with Gasteiger partial charge in [0.15, 0.2) is 17.6 Å². The van der Waals surface area contributed by atoms with Crippen LogP contribution < -0.4 is 5.73 Å². The Kier molecular flexibility index (Phi) is 5.90. The Morgan fingerprint density at radius 3 is 2.57 bits per heavy atom. The van der Waals surface area contributed by atoms with Crippen LogP contribution in [-0.2, 0) is 4.74 Å². The maximum absolute atomic E-state index is 12.8. The van der Waals surface area contributed by atoms with Gasteiger partial charge in [-0.2, -0.15) is 4.99 Å². The van der Waals surface area contributed by atoms with Crippen molar-refractivity contribution in [3.8, 4) is 0 Å². The first-order chi connectivity index (χ1) is 14.6. The van der Waals surface area contributed by atoms with E-state index >= 15 is 0 Å². The van der Waals surface area contributed by atoms with Gasteiger partial charge in [-0.3, -0.25) is 4.79 Å². The van der Waals surface area contributed by atoms with Gasteiger partial charge < -0.3 is 19.9 Å². The molecule has 7 nitrogen and oxygen atoms in total. The van der Waals surface area contributed by atoms with Gasteiger partial charge in [0.05, 0.1) is 13.2 Å². The third-order valence-corrected chi connectivity index (χ3v) is 5.19. The molecule has 4 rings (SSSR count). The lowest BCUT2D eigenvalue weighted by molar-refractivity contribution is 0.0675. The van der Waals surface area contributed by atoms with E-state index in [1.807, 2.05) is 66.4 Å².